The van der Waals surface area contributed by atoms with Gasteiger partial charge >= 0.3 is 0 Å². The van der Waals surface area contributed by atoms with Crippen LogP contribution in [0.2, 0.25) is 0 Å². The molecule has 1 aliphatic rings. The first-order valence-electron chi connectivity index (χ1n) is 7.34. The molecule has 0 radical (unpaired) electrons. The van der Waals surface area contributed by atoms with E-state index < -0.39 is 0 Å². The Morgan fingerprint density at radius 1 is 1.20 bits per heavy atom. The van der Waals surface area contributed by atoms with Crippen molar-refractivity contribution < 1.29 is 9.47 Å². The summed E-state index contributed by atoms with van der Waals surface area (Å²) in [6.45, 7) is 4.55. The second-order valence-electron chi connectivity index (χ2n) is 5.16. The second kappa shape index (κ2) is 6.25. The molecule has 2 aromatic carbocycles. The fraction of sp³-hybridized carbons (Fsp3) is 0.412. The van der Waals surface area contributed by atoms with Crippen LogP contribution in [0.5, 0.6) is 5.75 Å². The number of ether oxygens (including phenoxy) is 2. The van der Waals surface area contributed by atoms with E-state index in [0.717, 1.165) is 30.7 Å². The highest BCUT2D eigenvalue weighted by Crippen LogP contribution is 2.27. The van der Waals surface area contributed by atoms with E-state index >= 15 is 0 Å². The van der Waals surface area contributed by atoms with Gasteiger partial charge in [0.1, 0.15) is 11.9 Å². The number of hydrogen-bond acceptors (Lipinski definition) is 3. The lowest BCUT2D eigenvalue weighted by Gasteiger charge is -2.32. The Hall–Kier alpha value is -1.58. The molecule has 1 N–H and O–H groups in total. The maximum Gasteiger partial charge on any atom is 0.137 e. The summed E-state index contributed by atoms with van der Waals surface area (Å²) in [5, 5.41) is 5.87. The van der Waals surface area contributed by atoms with E-state index in [-0.39, 0.29) is 6.10 Å². The Balaban J connectivity index is 1.84. The molecule has 0 spiro atoms. The summed E-state index contributed by atoms with van der Waals surface area (Å²) in [6.07, 6.45) is 1.08. The lowest BCUT2D eigenvalue weighted by molar-refractivity contribution is -0.0136. The minimum atomic E-state index is 0.0782. The second-order valence-corrected chi connectivity index (χ2v) is 5.16. The zero-order chi connectivity index (χ0) is 13.8. The number of nitrogens with one attached hydrogen (secondary N) is 1. The molecule has 1 saturated heterocycles. The van der Waals surface area contributed by atoms with E-state index in [0.29, 0.717) is 12.6 Å². The number of fused-ring (bicyclic) bond motifs is 1. The van der Waals surface area contributed by atoms with Crippen molar-refractivity contribution in [2.45, 2.75) is 25.5 Å². The summed E-state index contributed by atoms with van der Waals surface area (Å²) in [7, 11) is 0. The standard InChI is InChI=1S/C17H21NO2/c1-2-18-15-10-11-19-12-17(15)20-16-9-5-7-13-6-3-4-8-14(13)16/h3-9,15,17-18H,2,10-12H2,1H3. The van der Waals surface area contributed by atoms with Crippen molar-refractivity contribution in [1.82, 2.24) is 5.32 Å². The first-order valence-corrected chi connectivity index (χ1v) is 7.34. The van der Waals surface area contributed by atoms with Gasteiger partial charge in [-0.1, -0.05) is 43.3 Å². The summed E-state index contributed by atoms with van der Waals surface area (Å²) >= 11 is 0. The molecule has 1 heterocycles. The van der Waals surface area contributed by atoms with Crippen LogP contribution in [0, 0.1) is 0 Å². The van der Waals surface area contributed by atoms with Crippen molar-refractivity contribution in [1.29, 1.82) is 0 Å². The predicted molar refractivity (Wildman–Crippen MR) is 81.3 cm³/mol. The van der Waals surface area contributed by atoms with E-state index in [1.165, 1.54) is 5.39 Å². The smallest absolute Gasteiger partial charge is 0.137 e. The van der Waals surface area contributed by atoms with Crippen LogP contribution in [0.25, 0.3) is 10.8 Å². The Morgan fingerprint density at radius 3 is 2.95 bits per heavy atom. The summed E-state index contributed by atoms with van der Waals surface area (Å²) in [5.74, 6) is 0.946. The molecule has 1 fully saturated rings. The Morgan fingerprint density at radius 2 is 2.05 bits per heavy atom. The molecule has 0 aromatic heterocycles. The molecular weight excluding hydrogens is 250 g/mol. The highest BCUT2D eigenvalue weighted by molar-refractivity contribution is 5.88. The van der Waals surface area contributed by atoms with Crippen LogP contribution in [0.1, 0.15) is 13.3 Å². The Kier molecular flexibility index (Phi) is 4.19. The lowest BCUT2D eigenvalue weighted by atomic mass is 10.1. The lowest BCUT2D eigenvalue weighted by Crippen LogP contribution is -2.49. The zero-order valence-corrected chi connectivity index (χ0v) is 11.8. The molecule has 2 unspecified atom stereocenters. The fourth-order valence-electron chi connectivity index (χ4n) is 2.79. The molecular formula is C17H21NO2. The molecule has 0 saturated carbocycles. The molecule has 3 nitrogen and oxygen atoms in total. The quantitative estimate of drug-likeness (QED) is 0.927. The minimum Gasteiger partial charge on any atom is -0.486 e. The number of likely N-dealkylation sites (N-methyl/N-ethyl adjacent to an activating group) is 1. The molecule has 0 amide bonds. The molecule has 106 valence electrons. The van der Waals surface area contributed by atoms with Crippen LogP contribution in [0.15, 0.2) is 42.5 Å². The number of rotatable bonds is 4. The van der Waals surface area contributed by atoms with Gasteiger partial charge in [-0.15, -0.1) is 0 Å². The van der Waals surface area contributed by atoms with Gasteiger partial charge in [0.25, 0.3) is 0 Å². The third-order valence-electron chi connectivity index (χ3n) is 3.80. The Labute approximate surface area is 119 Å². The highest BCUT2D eigenvalue weighted by Gasteiger charge is 2.27. The van der Waals surface area contributed by atoms with Gasteiger partial charge in [0.15, 0.2) is 0 Å². The van der Waals surface area contributed by atoms with Gasteiger partial charge in [-0.25, -0.2) is 0 Å². The van der Waals surface area contributed by atoms with Gasteiger partial charge < -0.3 is 14.8 Å². The van der Waals surface area contributed by atoms with Crippen LogP contribution in [-0.4, -0.2) is 31.9 Å². The monoisotopic (exact) mass is 271 g/mol. The molecule has 2 atom stereocenters. The molecule has 3 heteroatoms. The van der Waals surface area contributed by atoms with E-state index in [9.17, 15) is 0 Å². The van der Waals surface area contributed by atoms with Crippen molar-refractivity contribution in [2.24, 2.45) is 0 Å². The third-order valence-corrected chi connectivity index (χ3v) is 3.80. The molecule has 20 heavy (non-hydrogen) atoms. The predicted octanol–water partition coefficient (Wildman–Crippen LogP) is 2.99. The van der Waals surface area contributed by atoms with Gasteiger partial charge in [-0.05, 0) is 24.4 Å². The van der Waals surface area contributed by atoms with Gasteiger partial charge in [-0.2, -0.15) is 0 Å². The van der Waals surface area contributed by atoms with Crippen LogP contribution in [0.3, 0.4) is 0 Å². The van der Waals surface area contributed by atoms with Crippen LogP contribution in [0.4, 0.5) is 0 Å². The van der Waals surface area contributed by atoms with E-state index in [2.05, 4.69) is 36.5 Å². The van der Waals surface area contributed by atoms with Crippen molar-refractivity contribution >= 4 is 10.8 Å². The fourth-order valence-corrected chi connectivity index (χ4v) is 2.79. The van der Waals surface area contributed by atoms with Crippen molar-refractivity contribution in [3.63, 3.8) is 0 Å². The van der Waals surface area contributed by atoms with Crippen LogP contribution >= 0.6 is 0 Å². The third kappa shape index (κ3) is 2.79. The first kappa shape index (κ1) is 13.4. The SMILES string of the molecule is CCNC1CCOCC1Oc1cccc2ccccc12. The Bertz CT molecular complexity index is 562. The average molecular weight is 271 g/mol. The molecule has 1 aliphatic heterocycles. The molecule has 3 rings (SSSR count). The van der Waals surface area contributed by atoms with E-state index in [1.807, 2.05) is 18.2 Å². The van der Waals surface area contributed by atoms with Gasteiger partial charge in [0.2, 0.25) is 0 Å². The summed E-state index contributed by atoms with van der Waals surface area (Å²) in [6, 6.07) is 14.9. The maximum atomic E-state index is 6.25. The van der Waals surface area contributed by atoms with Gasteiger partial charge in [-0.3, -0.25) is 0 Å². The van der Waals surface area contributed by atoms with Gasteiger partial charge in [0.05, 0.1) is 6.61 Å². The van der Waals surface area contributed by atoms with Crippen molar-refractivity contribution in [2.75, 3.05) is 19.8 Å². The molecule has 0 bridgehead atoms. The molecule has 0 aliphatic carbocycles. The zero-order valence-electron chi connectivity index (χ0n) is 11.8. The van der Waals surface area contributed by atoms with E-state index in [4.69, 9.17) is 9.47 Å². The molecule has 2 aromatic rings. The topological polar surface area (TPSA) is 30.5 Å². The van der Waals surface area contributed by atoms with Crippen molar-refractivity contribution in [3.8, 4) is 5.75 Å². The average Bonchev–Trinajstić information content (AvgIpc) is 2.50. The van der Waals surface area contributed by atoms with Crippen LogP contribution in [-0.2, 0) is 4.74 Å². The van der Waals surface area contributed by atoms with Gasteiger partial charge in [0, 0.05) is 18.0 Å². The highest BCUT2D eigenvalue weighted by atomic mass is 16.5. The number of benzene rings is 2. The first-order chi connectivity index (χ1) is 9.88. The van der Waals surface area contributed by atoms with E-state index in [1.54, 1.807) is 0 Å². The summed E-state index contributed by atoms with van der Waals surface area (Å²) in [4.78, 5) is 0. The minimum absolute atomic E-state index is 0.0782. The van der Waals surface area contributed by atoms with Crippen molar-refractivity contribution in [3.05, 3.63) is 42.5 Å². The van der Waals surface area contributed by atoms with Crippen LogP contribution < -0.4 is 10.1 Å². The summed E-state index contributed by atoms with van der Waals surface area (Å²) in [5.41, 5.74) is 0. The largest absolute Gasteiger partial charge is 0.486 e. The summed E-state index contributed by atoms with van der Waals surface area (Å²) < 4.78 is 11.8. The number of hydrogen-bond donors (Lipinski definition) is 1. The normalized spacial score (nSPS) is 22.9. The maximum absolute atomic E-state index is 6.25.